The molecule has 210 valence electrons. The van der Waals surface area contributed by atoms with Crippen LogP contribution < -0.4 is 9.64 Å². The predicted octanol–water partition coefficient (Wildman–Crippen LogP) is 4.76. The number of rotatable bonds is 5. The van der Waals surface area contributed by atoms with Crippen LogP contribution in [0.25, 0.3) is 16.9 Å². The number of morpholine rings is 1. The van der Waals surface area contributed by atoms with E-state index in [4.69, 9.17) is 14.2 Å². The normalized spacial score (nSPS) is 18.9. The van der Waals surface area contributed by atoms with Gasteiger partial charge in [-0.25, -0.2) is 18.6 Å². The van der Waals surface area contributed by atoms with Gasteiger partial charge in [0, 0.05) is 38.7 Å². The number of para-hydroxylation sites is 2. The molecule has 39 heavy (non-hydrogen) atoms. The van der Waals surface area contributed by atoms with Gasteiger partial charge in [-0.1, -0.05) is 12.1 Å². The lowest BCUT2D eigenvalue weighted by molar-refractivity contribution is 0.0252. The van der Waals surface area contributed by atoms with E-state index < -0.39 is 17.9 Å². The van der Waals surface area contributed by atoms with Gasteiger partial charge in [-0.2, -0.15) is 9.97 Å². The molecule has 0 saturated carbocycles. The van der Waals surface area contributed by atoms with Gasteiger partial charge in [0.15, 0.2) is 5.82 Å². The highest BCUT2D eigenvalue weighted by Gasteiger charge is 2.28. The van der Waals surface area contributed by atoms with Crippen molar-refractivity contribution in [1.82, 2.24) is 24.4 Å². The molecule has 2 aromatic heterocycles. The van der Waals surface area contributed by atoms with Crippen molar-refractivity contribution in [3.05, 3.63) is 36.2 Å². The highest BCUT2D eigenvalue weighted by Crippen LogP contribution is 2.30. The number of halogens is 2. The maximum absolute atomic E-state index is 14.1. The number of likely N-dealkylation sites (tertiary alicyclic amines) is 1. The maximum atomic E-state index is 14.1. The molecule has 2 aliphatic rings. The lowest BCUT2D eigenvalue weighted by Gasteiger charge is -2.28. The molecule has 2 fully saturated rings. The molecular formula is C27H34F2N6O4. The zero-order valence-electron chi connectivity index (χ0n) is 22.5. The van der Waals surface area contributed by atoms with E-state index in [2.05, 4.69) is 15.0 Å². The number of fused-ring (bicyclic) bond motifs is 1. The molecule has 0 spiro atoms. The molecular weight excluding hydrogens is 510 g/mol. The Hall–Kier alpha value is -3.54. The summed E-state index contributed by atoms with van der Waals surface area (Å²) in [5, 5.41) is 0. The number of nitrogens with zero attached hydrogens (tertiary/aromatic N) is 6. The van der Waals surface area contributed by atoms with Gasteiger partial charge < -0.3 is 24.0 Å². The lowest BCUT2D eigenvalue weighted by Crippen LogP contribution is -2.38. The van der Waals surface area contributed by atoms with Crippen LogP contribution in [0.1, 0.15) is 52.3 Å². The van der Waals surface area contributed by atoms with Gasteiger partial charge in [-0.15, -0.1) is 0 Å². The van der Waals surface area contributed by atoms with E-state index in [1.807, 2.05) is 25.7 Å². The third kappa shape index (κ3) is 6.38. The Bertz CT molecular complexity index is 1310. The summed E-state index contributed by atoms with van der Waals surface area (Å²) < 4.78 is 46.9. The number of carbonyl (C=O) groups is 1. The summed E-state index contributed by atoms with van der Waals surface area (Å²) in [5.41, 5.74) is 0.404. The first-order valence-corrected chi connectivity index (χ1v) is 13.3. The van der Waals surface area contributed by atoms with E-state index in [-0.39, 0.29) is 23.9 Å². The van der Waals surface area contributed by atoms with Gasteiger partial charge in [-0.3, -0.25) is 4.57 Å². The smallest absolute Gasteiger partial charge is 0.410 e. The Balaban J connectivity index is 1.45. The number of anilines is 1. The SMILES string of the molecule is CC(C)(C)OC(=O)N1CCCC(Oc2cc(-n3c(C(F)F)nc4ccccc43)nc(N3CCOCC3)n2)CC1. The van der Waals surface area contributed by atoms with Crippen molar-refractivity contribution >= 4 is 23.1 Å². The number of carbonyl (C=O) groups excluding carboxylic acids is 1. The lowest BCUT2D eigenvalue weighted by atomic mass is 10.2. The first-order chi connectivity index (χ1) is 18.7. The number of aromatic nitrogens is 4. The van der Waals surface area contributed by atoms with E-state index in [9.17, 15) is 13.6 Å². The van der Waals surface area contributed by atoms with Crippen molar-refractivity contribution in [3.8, 4) is 11.7 Å². The molecule has 4 heterocycles. The van der Waals surface area contributed by atoms with Crippen LogP contribution in [0.4, 0.5) is 19.5 Å². The molecule has 1 amide bonds. The number of hydrogen-bond acceptors (Lipinski definition) is 8. The van der Waals surface area contributed by atoms with Gasteiger partial charge in [-0.05, 0) is 45.7 Å². The predicted molar refractivity (Wildman–Crippen MR) is 141 cm³/mol. The van der Waals surface area contributed by atoms with Crippen molar-refractivity contribution in [2.75, 3.05) is 44.3 Å². The van der Waals surface area contributed by atoms with Gasteiger partial charge in [0.2, 0.25) is 11.8 Å². The van der Waals surface area contributed by atoms with Crippen molar-refractivity contribution < 1.29 is 27.8 Å². The van der Waals surface area contributed by atoms with E-state index >= 15 is 0 Å². The molecule has 0 bridgehead atoms. The fourth-order valence-corrected chi connectivity index (χ4v) is 4.78. The number of ether oxygens (including phenoxy) is 3. The summed E-state index contributed by atoms with van der Waals surface area (Å²) >= 11 is 0. The van der Waals surface area contributed by atoms with Crippen LogP contribution in [0.5, 0.6) is 5.88 Å². The second-order valence-electron chi connectivity index (χ2n) is 10.7. The zero-order valence-corrected chi connectivity index (χ0v) is 22.5. The molecule has 12 heteroatoms. The molecule has 0 aliphatic carbocycles. The summed E-state index contributed by atoms with van der Waals surface area (Å²) in [6.07, 6.45) is -1.33. The Labute approximate surface area is 225 Å². The van der Waals surface area contributed by atoms with Crippen LogP contribution in [-0.2, 0) is 9.47 Å². The number of amides is 1. The Morgan fingerprint density at radius 1 is 1.05 bits per heavy atom. The van der Waals surface area contributed by atoms with E-state index in [0.29, 0.717) is 69.2 Å². The van der Waals surface area contributed by atoms with Crippen molar-refractivity contribution in [2.24, 2.45) is 0 Å². The minimum atomic E-state index is -2.80. The molecule has 1 aromatic carbocycles. The average Bonchev–Trinajstić information content (AvgIpc) is 3.14. The summed E-state index contributed by atoms with van der Waals surface area (Å²) in [6, 6.07) is 8.55. The minimum absolute atomic E-state index is 0.216. The summed E-state index contributed by atoms with van der Waals surface area (Å²) in [4.78, 5) is 29.7. The van der Waals surface area contributed by atoms with Gasteiger partial charge in [0.1, 0.15) is 17.5 Å². The molecule has 5 rings (SSSR count). The van der Waals surface area contributed by atoms with Crippen LogP contribution in [0.2, 0.25) is 0 Å². The zero-order chi connectivity index (χ0) is 27.6. The van der Waals surface area contributed by atoms with Crippen molar-refractivity contribution in [2.45, 2.75) is 58.2 Å². The summed E-state index contributed by atoms with van der Waals surface area (Å²) in [7, 11) is 0. The number of benzene rings is 1. The maximum Gasteiger partial charge on any atom is 0.410 e. The first-order valence-electron chi connectivity index (χ1n) is 13.3. The third-order valence-electron chi connectivity index (χ3n) is 6.60. The fourth-order valence-electron chi connectivity index (χ4n) is 4.78. The molecule has 0 N–H and O–H groups in total. The van der Waals surface area contributed by atoms with Gasteiger partial charge in [0.25, 0.3) is 6.43 Å². The molecule has 10 nitrogen and oxygen atoms in total. The molecule has 3 aromatic rings. The van der Waals surface area contributed by atoms with Crippen LogP contribution in [0.3, 0.4) is 0 Å². The van der Waals surface area contributed by atoms with Crippen LogP contribution in [0.15, 0.2) is 30.3 Å². The first kappa shape index (κ1) is 27.0. The van der Waals surface area contributed by atoms with Crippen LogP contribution in [0, 0.1) is 0 Å². The number of hydrogen-bond donors (Lipinski definition) is 0. The van der Waals surface area contributed by atoms with Crippen molar-refractivity contribution in [3.63, 3.8) is 0 Å². The number of imidazole rings is 1. The second-order valence-corrected chi connectivity index (χ2v) is 10.7. The quantitative estimate of drug-likeness (QED) is 0.454. The highest BCUT2D eigenvalue weighted by atomic mass is 19.3. The minimum Gasteiger partial charge on any atom is -0.474 e. The van der Waals surface area contributed by atoms with Crippen molar-refractivity contribution in [1.29, 1.82) is 0 Å². The van der Waals surface area contributed by atoms with Gasteiger partial charge in [0.05, 0.1) is 24.2 Å². The topological polar surface area (TPSA) is 94.8 Å². The molecule has 2 aliphatic heterocycles. The van der Waals surface area contributed by atoms with Gasteiger partial charge >= 0.3 is 6.09 Å². The molecule has 0 radical (unpaired) electrons. The molecule has 1 atom stereocenters. The highest BCUT2D eigenvalue weighted by molar-refractivity contribution is 5.78. The van der Waals surface area contributed by atoms with E-state index in [0.717, 1.165) is 6.42 Å². The number of alkyl halides is 2. The summed E-state index contributed by atoms with van der Waals surface area (Å²) in [5.74, 6) is 0.536. The second kappa shape index (κ2) is 11.3. The molecule has 1 unspecified atom stereocenters. The van der Waals surface area contributed by atoms with Crippen LogP contribution >= 0.6 is 0 Å². The largest absolute Gasteiger partial charge is 0.474 e. The van der Waals surface area contributed by atoms with E-state index in [1.165, 1.54) is 4.57 Å². The fraction of sp³-hybridized carbons (Fsp3) is 0.556. The Morgan fingerprint density at radius 3 is 2.56 bits per heavy atom. The Morgan fingerprint density at radius 2 is 1.82 bits per heavy atom. The third-order valence-corrected chi connectivity index (χ3v) is 6.60. The van der Waals surface area contributed by atoms with Crippen LogP contribution in [-0.4, -0.2) is 81.6 Å². The molecule has 2 saturated heterocycles. The standard InChI is InChI=1S/C27H34F2N6O4/c1-27(2,3)39-26(36)34-11-6-7-18(10-12-34)38-22-17-21(31-25(32-22)33-13-15-37-16-14-33)35-20-9-5-4-8-19(20)30-24(35)23(28)29/h4-5,8-9,17-18,23H,6-7,10-16H2,1-3H3. The van der Waals surface area contributed by atoms with E-state index in [1.54, 1.807) is 35.2 Å². The monoisotopic (exact) mass is 544 g/mol. The average molecular weight is 545 g/mol. The Kier molecular flexibility index (Phi) is 7.83. The summed E-state index contributed by atoms with van der Waals surface area (Å²) in [6.45, 7) is 8.76.